The molecule has 0 radical (unpaired) electrons. The second-order valence-corrected chi connectivity index (χ2v) is 5.37. The molecule has 1 aliphatic rings. The fourth-order valence-corrected chi connectivity index (χ4v) is 2.26. The van der Waals surface area contributed by atoms with Crippen molar-refractivity contribution in [2.75, 3.05) is 26.2 Å². The first kappa shape index (κ1) is 13.0. The number of hydrogen-bond donors (Lipinski definition) is 0. The van der Waals surface area contributed by atoms with Gasteiger partial charge in [-0.1, -0.05) is 13.8 Å². The molecule has 0 amide bonds. The van der Waals surface area contributed by atoms with Crippen LogP contribution in [0.25, 0.3) is 0 Å². The molecule has 2 nitrogen and oxygen atoms in total. The van der Waals surface area contributed by atoms with Crippen LogP contribution in [0.5, 0.6) is 0 Å². The summed E-state index contributed by atoms with van der Waals surface area (Å²) in [5.74, 6) is 1.73. The Morgan fingerprint density at radius 3 is 2.60 bits per heavy atom. The van der Waals surface area contributed by atoms with E-state index in [4.69, 9.17) is 4.74 Å². The number of piperidine rings is 1. The van der Waals surface area contributed by atoms with Gasteiger partial charge in [0.15, 0.2) is 0 Å². The van der Waals surface area contributed by atoms with Crippen molar-refractivity contribution in [1.82, 2.24) is 4.90 Å². The van der Waals surface area contributed by atoms with Gasteiger partial charge in [0.1, 0.15) is 0 Å². The van der Waals surface area contributed by atoms with Crippen LogP contribution in [0.1, 0.15) is 40.5 Å². The van der Waals surface area contributed by atoms with Gasteiger partial charge in [-0.25, -0.2) is 0 Å². The average Bonchev–Trinajstić information content (AvgIpc) is 2.17. The SMILES string of the molecule is CC(C)OCCN1CCC[C@H](C(C)C)C1. The van der Waals surface area contributed by atoms with Gasteiger partial charge in [-0.05, 0) is 45.1 Å². The van der Waals surface area contributed by atoms with Crippen molar-refractivity contribution in [2.24, 2.45) is 11.8 Å². The molecule has 0 aliphatic carbocycles. The van der Waals surface area contributed by atoms with Gasteiger partial charge in [-0.3, -0.25) is 0 Å². The van der Waals surface area contributed by atoms with Crippen molar-refractivity contribution in [3.63, 3.8) is 0 Å². The number of nitrogens with zero attached hydrogens (tertiary/aromatic N) is 1. The number of ether oxygens (including phenoxy) is 1. The molecule has 0 N–H and O–H groups in total. The second-order valence-electron chi connectivity index (χ2n) is 5.37. The molecular weight excluding hydrogens is 186 g/mol. The summed E-state index contributed by atoms with van der Waals surface area (Å²) in [6.45, 7) is 13.4. The minimum absolute atomic E-state index is 0.371. The third-order valence-corrected chi connectivity index (χ3v) is 3.34. The molecule has 0 spiro atoms. The number of rotatable bonds is 5. The first-order valence-electron chi connectivity index (χ1n) is 6.43. The van der Waals surface area contributed by atoms with Crippen molar-refractivity contribution in [1.29, 1.82) is 0 Å². The third kappa shape index (κ3) is 4.98. The Hall–Kier alpha value is -0.0800. The second kappa shape index (κ2) is 6.49. The molecule has 15 heavy (non-hydrogen) atoms. The highest BCUT2D eigenvalue weighted by Crippen LogP contribution is 2.23. The quantitative estimate of drug-likeness (QED) is 0.696. The first-order valence-corrected chi connectivity index (χ1v) is 6.43. The fraction of sp³-hybridized carbons (Fsp3) is 1.00. The van der Waals surface area contributed by atoms with Crippen molar-refractivity contribution in [2.45, 2.75) is 46.6 Å². The summed E-state index contributed by atoms with van der Waals surface area (Å²) in [6.07, 6.45) is 3.15. The van der Waals surface area contributed by atoms with Gasteiger partial charge in [0.05, 0.1) is 12.7 Å². The van der Waals surface area contributed by atoms with E-state index in [0.29, 0.717) is 6.10 Å². The van der Waals surface area contributed by atoms with Crippen molar-refractivity contribution >= 4 is 0 Å². The molecule has 0 unspecified atom stereocenters. The van der Waals surface area contributed by atoms with Gasteiger partial charge < -0.3 is 9.64 Å². The van der Waals surface area contributed by atoms with Crippen LogP contribution < -0.4 is 0 Å². The lowest BCUT2D eigenvalue weighted by Gasteiger charge is -2.34. The third-order valence-electron chi connectivity index (χ3n) is 3.34. The smallest absolute Gasteiger partial charge is 0.0596 e. The largest absolute Gasteiger partial charge is 0.377 e. The van der Waals surface area contributed by atoms with E-state index in [1.807, 2.05) is 0 Å². The average molecular weight is 213 g/mol. The van der Waals surface area contributed by atoms with Crippen molar-refractivity contribution in [3.05, 3.63) is 0 Å². The lowest BCUT2D eigenvalue weighted by atomic mass is 9.88. The normalized spacial score (nSPS) is 24.0. The van der Waals surface area contributed by atoms with E-state index in [9.17, 15) is 0 Å². The van der Waals surface area contributed by atoms with Gasteiger partial charge in [0.25, 0.3) is 0 Å². The molecule has 0 bridgehead atoms. The maximum Gasteiger partial charge on any atom is 0.0596 e. The highest BCUT2D eigenvalue weighted by molar-refractivity contribution is 4.74. The monoisotopic (exact) mass is 213 g/mol. The standard InChI is InChI=1S/C13H27NO/c1-11(2)13-6-5-7-14(10-13)8-9-15-12(3)4/h11-13H,5-10H2,1-4H3/t13-/m0/s1. The molecule has 0 aromatic heterocycles. The van der Waals surface area contributed by atoms with Gasteiger partial charge in [0, 0.05) is 13.1 Å². The summed E-state index contributed by atoms with van der Waals surface area (Å²) in [6, 6.07) is 0. The molecule has 1 rings (SSSR count). The molecule has 1 atom stereocenters. The molecule has 90 valence electrons. The van der Waals surface area contributed by atoms with E-state index in [1.54, 1.807) is 0 Å². The molecule has 0 aromatic carbocycles. The molecular formula is C13H27NO. The zero-order chi connectivity index (χ0) is 11.3. The summed E-state index contributed by atoms with van der Waals surface area (Å²) < 4.78 is 5.60. The van der Waals surface area contributed by atoms with Crippen LogP contribution in [0.15, 0.2) is 0 Å². The maximum atomic E-state index is 5.60. The van der Waals surface area contributed by atoms with Gasteiger partial charge >= 0.3 is 0 Å². The Morgan fingerprint density at radius 1 is 1.27 bits per heavy atom. The minimum atomic E-state index is 0.371. The predicted molar refractivity (Wildman–Crippen MR) is 65.1 cm³/mol. The van der Waals surface area contributed by atoms with Gasteiger partial charge in [-0.15, -0.1) is 0 Å². The van der Waals surface area contributed by atoms with Crippen molar-refractivity contribution < 1.29 is 4.74 Å². The summed E-state index contributed by atoms with van der Waals surface area (Å²) in [7, 11) is 0. The van der Waals surface area contributed by atoms with Crippen LogP contribution in [0.4, 0.5) is 0 Å². The number of hydrogen-bond acceptors (Lipinski definition) is 2. The summed E-state index contributed by atoms with van der Waals surface area (Å²) in [4.78, 5) is 2.57. The Balaban J connectivity index is 2.18. The predicted octanol–water partition coefficient (Wildman–Crippen LogP) is 2.78. The van der Waals surface area contributed by atoms with E-state index in [0.717, 1.165) is 25.0 Å². The number of likely N-dealkylation sites (tertiary alicyclic amines) is 1. The Bertz CT molecular complexity index is 168. The molecule has 1 saturated heterocycles. The lowest BCUT2D eigenvalue weighted by Crippen LogP contribution is -2.39. The lowest BCUT2D eigenvalue weighted by molar-refractivity contribution is 0.0448. The highest BCUT2D eigenvalue weighted by atomic mass is 16.5. The Morgan fingerprint density at radius 2 is 2.00 bits per heavy atom. The summed E-state index contributed by atoms with van der Waals surface area (Å²) >= 11 is 0. The van der Waals surface area contributed by atoms with Gasteiger partial charge in [0.2, 0.25) is 0 Å². The molecule has 0 saturated carbocycles. The molecule has 1 heterocycles. The zero-order valence-corrected chi connectivity index (χ0v) is 10.8. The van der Waals surface area contributed by atoms with Crippen LogP contribution in [0, 0.1) is 11.8 Å². The van der Waals surface area contributed by atoms with E-state index in [2.05, 4.69) is 32.6 Å². The van der Waals surface area contributed by atoms with E-state index >= 15 is 0 Å². The molecule has 0 aromatic rings. The van der Waals surface area contributed by atoms with Crippen LogP contribution >= 0.6 is 0 Å². The fourth-order valence-electron chi connectivity index (χ4n) is 2.26. The zero-order valence-electron chi connectivity index (χ0n) is 10.8. The van der Waals surface area contributed by atoms with E-state index < -0.39 is 0 Å². The van der Waals surface area contributed by atoms with E-state index in [1.165, 1.54) is 25.9 Å². The van der Waals surface area contributed by atoms with Crippen LogP contribution in [-0.2, 0) is 4.74 Å². The molecule has 1 fully saturated rings. The van der Waals surface area contributed by atoms with Crippen LogP contribution in [0.3, 0.4) is 0 Å². The Labute approximate surface area is 95.0 Å². The van der Waals surface area contributed by atoms with Crippen LogP contribution in [0.2, 0.25) is 0 Å². The maximum absolute atomic E-state index is 5.60. The van der Waals surface area contributed by atoms with Crippen molar-refractivity contribution in [3.8, 4) is 0 Å². The molecule has 2 heteroatoms. The summed E-state index contributed by atoms with van der Waals surface area (Å²) in [5, 5.41) is 0. The van der Waals surface area contributed by atoms with Gasteiger partial charge in [-0.2, -0.15) is 0 Å². The van der Waals surface area contributed by atoms with E-state index in [-0.39, 0.29) is 0 Å². The van der Waals surface area contributed by atoms with Crippen LogP contribution in [-0.4, -0.2) is 37.2 Å². The summed E-state index contributed by atoms with van der Waals surface area (Å²) in [5.41, 5.74) is 0. The molecule has 1 aliphatic heterocycles. The minimum Gasteiger partial charge on any atom is -0.377 e. The Kier molecular flexibility index (Phi) is 5.62. The first-order chi connectivity index (χ1) is 7.09. The topological polar surface area (TPSA) is 12.5 Å². The highest BCUT2D eigenvalue weighted by Gasteiger charge is 2.21.